The number of hydrogen-bond acceptors (Lipinski definition) is 5. The van der Waals surface area contributed by atoms with Crippen LogP contribution in [-0.4, -0.2) is 38.0 Å². The normalized spacial score (nSPS) is 12.6. The molecular formula is C12H17N3O2S2. The van der Waals surface area contributed by atoms with Crippen molar-refractivity contribution in [2.24, 2.45) is 5.73 Å². The van der Waals surface area contributed by atoms with Crippen LogP contribution in [-0.2, 0) is 10.0 Å². The molecule has 1 aromatic heterocycles. The van der Waals surface area contributed by atoms with Crippen molar-refractivity contribution in [3.05, 3.63) is 24.0 Å². The summed E-state index contributed by atoms with van der Waals surface area (Å²) < 4.78 is 26.6. The summed E-state index contributed by atoms with van der Waals surface area (Å²) in [4.78, 5) is 4.00. The molecule has 0 fully saturated rings. The van der Waals surface area contributed by atoms with Crippen LogP contribution in [0.15, 0.2) is 23.4 Å². The molecule has 0 spiro atoms. The molecule has 0 bridgehead atoms. The van der Waals surface area contributed by atoms with Gasteiger partial charge in [-0.15, -0.1) is 0 Å². The molecule has 0 aliphatic heterocycles. The highest BCUT2D eigenvalue weighted by Crippen LogP contribution is 2.10. The number of pyridine rings is 1. The van der Waals surface area contributed by atoms with Gasteiger partial charge in [0.15, 0.2) is 0 Å². The van der Waals surface area contributed by atoms with Crippen LogP contribution in [0.25, 0.3) is 0 Å². The fraction of sp³-hybridized carbons (Fsp3) is 0.417. The second kappa shape index (κ2) is 7.50. The fourth-order valence-corrected chi connectivity index (χ4v) is 2.65. The van der Waals surface area contributed by atoms with Gasteiger partial charge in [0, 0.05) is 29.8 Å². The fourth-order valence-electron chi connectivity index (χ4n) is 1.18. The van der Waals surface area contributed by atoms with E-state index in [0.717, 1.165) is 0 Å². The monoisotopic (exact) mass is 299 g/mol. The largest absolute Gasteiger partial charge is 0.320 e. The molecule has 1 unspecified atom stereocenters. The molecule has 0 saturated carbocycles. The third kappa shape index (κ3) is 5.20. The third-order valence-corrected chi connectivity index (χ3v) is 4.68. The lowest BCUT2D eigenvalue weighted by atomic mass is 10.3. The lowest BCUT2D eigenvalue weighted by Crippen LogP contribution is -2.29. The molecule has 104 valence electrons. The Hall–Kier alpha value is -1.07. The summed E-state index contributed by atoms with van der Waals surface area (Å²) in [5.74, 6) is 5.42. The molecular weight excluding hydrogens is 282 g/mol. The average Bonchev–Trinajstić information content (AvgIpc) is 2.43. The van der Waals surface area contributed by atoms with Crippen LogP contribution in [0.3, 0.4) is 0 Å². The topological polar surface area (TPSA) is 85.1 Å². The Labute approximate surface area is 118 Å². The number of thioether (sulfide) groups is 1. The quantitative estimate of drug-likeness (QED) is 0.770. The van der Waals surface area contributed by atoms with Gasteiger partial charge in [0.25, 0.3) is 0 Å². The lowest BCUT2D eigenvalue weighted by Gasteiger charge is -2.10. The SMILES string of the molecule is CSC(C)CNS(=O)(=O)c1cncc(C#CCN)c1. The maximum atomic E-state index is 12.0. The molecule has 0 aliphatic carbocycles. The summed E-state index contributed by atoms with van der Waals surface area (Å²) >= 11 is 1.60. The number of nitrogens with zero attached hydrogens (tertiary/aromatic N) is 1. The van der Waals surface area contributed by atoms with Crippen molar-refractivity contribution in [1.82, 2.24) is 9.71 Å². The van der Waals surface area contributed by atoms with Crippen molar-refractivity contribution in [3.63, 3.8) is 0 Å². The highest BCUT2D eigenvalue weighted by Gasteiger charge is 2.15. The molecule has 0 saturated heterocycles. The third-order valence-electron chi connectivity index (χ3n) is 2.32. The van der Waals surface area contributed by atoms with Crippen molar-refractivity contribution >= 4 is 21.8 Å². The summed E-state index contributed by atoms with van der Waals surface area (Å²) in [7, 11) is -3.54. The van der Waals surface area contributed by atoms with E-state index in [1.807, 2.05) is 13.2 Å². The summed E-state index contributed by atoms with van der Waals surface area (Å²) in [5, 5.41) is 0.211. The number of sulfonamides is 1. The molecule has 1 rings (SSSR count). The van der Waals surface area contributed by atoms with E-state index in [1.165, 1.54) is 18.5 Å². The number of rotatable bonds is 5. The highest BCUT2D eigenvalue weighted by atomic mass is 32.2. The van der Waals surface area contributed by atoms with Gasteiger partial charge in [-0.25, -0.2) is 13.1 Å². The molecule has 0 amide bonds. The zero-order valence-electron chi connectivity index (χ0n) is 10.9. The minimum Gasteiger partial charge on any atom is -0.320 e. The second-order valence-corrected chi connectivity index (χ2v) is 6.86. The second-order valence-electron chi connectivity index (χ2n) is 3.81. The smallest absolute Gasteiger partial charge is 0.242 e. The van der Waals surface area contributed by atoms with Crippen molar-refractivity contribution in [1.29, 1.82) is 0 Å². The van der Waals surface area contributed by atoms with Gasteiger partial charge in [0.2, 0.25) is 10.0 Å². The summed E-state index contributed by atoms with van der Waals surface area (Å²) in [6.45, 7) is 2.55. The van der Waals surface area contributed by atoms with E-state index in [2.05, 4.69) is 21.5 Å². The van der Waals surface area contributed by atoms with Crippen molar-refractivity contribution < 1.29 is 8.42 Å². The first-order valence-electron chi connectivity index (χ1n) is 5.66. The van der Waals surface area contributed by atoms with Gasteiger partial charge in [0.05, 0.1) is 6.54 Å². The minimum atomic E-state index is -3.54. The van der Waals surface area contributed by atoms with Gasteiger partial charge in [0.1, 0.15) is 4.90 Å². The Morgan fingerprint density at radius 2 is 2.26 bits per heavy atom. The van der Waals surface area contributed by atoms with Crippen LogP contribution < -0.4 is 10.5 Å². The standard InChI is InChI=1S/C12H17N3O2S2/c1-10(18-2)7-15-19(16,17)12-6-11(4-3-5-13)8-14-9-12/h6,8-10,15H,5,7,13H2,1-2H3. The van der Waals surface area contributed by atoms with Crippen LogP contribution in [0.1, 0.15) is 12.5 Å². The van der Waals surface area contributed by atoms with Crippen LogP contribution in [0, 0.1) is 11.8 Å². The van der Waals surface area contributed by atoms with Crippen LogP contribution in [0.2, 0.25) is 0 Å². The van der Waals surface area contributed by atoms with Crippen molar-refractivity contribution in [2.75, 3.05) is 19.3 Å². The number of nitrogens with one attached hydrogen (secondary N) is 1. The van der Waals surface area contributed by atoms with Crippen molar-refractivity contribution in [3.8, 4) is 11.8 Å². The molecule has 7 heteroatoms. The van der Waals surface area contributed by atoms with E-state index >= 15 is 0 Å². The molecule has 0 aliphatic rings. The van der Waals surface area contributed by atoms with Crippen LogP contribution >= 0.6 is 11.8 Å². The van der Waals surface area contributed by atoms with E-state index in [9.17, 15) is 8.42 Å². The summed E-state index contributed by atoms with van der Waals surface area (Å²) in [6, 6.07) is 1.49. The Balaban J connectivity index is 2.89. The number of hydrogen-bond donors (Lipinski definition) is 2. The van der Waals surface area contributed by atoms with Gasteiger partial charge in [-0.2, -0.15) is 11.8 Å². The van der Waals surface area contributed by atoms with E-state index < -0.39 is 10.0 Å². The van der Waals surface area contributed by atoms with E-state index in [4.69, 9.17) is 5.73 Å². The summed E-state index contributed by atoms with van der Waals surface area (Å²) in [6.07, 6.45) is 4.75. The van der Waals surface area contributed by atoms with E-state index in [0.29, 0.717) is 12.1 Å². The molecule has 1 atom stereocenters. The van der Waals surface area contributed by atoms with Crippen LogP contribution in [0.5, 0.6) is 0 Å². The Morgan fingerprint density at radius 1 is 1.53 bits per heavy atom. The zero-order chi connectivity index (χ0) is 14.3. The Bertz CT molecular complexity index is 576. The van der Waals surface area contributed by atoms with Gasteiger partial charge in [-0.05, 0) is 12.3 Å². The minimum absolute atomic E-state index is 0.115. The van der Waals surface area contributed by atoms with Gasteiger partial charge >= 0.3 is 0 Å². The molecule has 3 N–H and O–H groups in total. The Morgan fingerprint density at radius 3 is 2.89 bits per heavy atom. The molecule has 5 nitrogen and oxygen atoms in total. The van der Waals surface area contributed by atoms with Crippen molar-refractivity contribution in [2.45, 2.75) is 17.1 Å². The predicted molar refractivity (Wildman–Crippen MR) is 78.3 cm³/mol. The molecule has 0 radical (unpaired) electrons. The number of aromatic nitrogens is 1. The van der Waals surface area contributed by atoms with Gasteiger partial charge in [-0.1, -0.05) is 18.8 Å². The summed E-state index contributed by atoms with van der Waals surface area (Å²) in [5.41, 5.74) is 5.80. The maximum Gasteiger partial charge on any atom is 0.242 e. The average molecular weight is 299 g/mol. The van der Waals surface area contributed by atoms with E-state index in [-0.39, 0.29) is 16.7 Å². The number of nitrogens with two attached hydrogens (primary N) is 1. The highest BCUT2D eigenvalue weighted by molar-refractivity contribution is 7.99. The first kappa shape index (κ1) is 16.0. The molecule has 1 aromatic rings. The van der Waals surface area contributed by atoms with Gasteiger partial charge < -0.3 is 5.73 Å². The zero-order valence-corrected chi connectivity index (χ0v) is 12.5. The maximum absolute atomic E-state index is 12.0. The van der Waals surface area contributed by atoms with Crippen LogP contribution in [0.4, 0.5) is 0 Å². The van der Waals surface area contributed by atoms with Gasteiger partial charge in [-0.3, -0.25) is 4.98 Å². The predicted octanol–water partition coefficient (Wildman–Crippen LogP) is 0.422. The molecule has 19 heavy (non-hydrogen) atoms. The molecule has 1 heterocycles. The first-order valence-corrected chi connectivity index (χ1v) is 8.43. The van der Waals surface area contributed by atoms with E-state index in [1.54, 1.807) is 11.8 Å². The first-order chi connectivity index (χ1) is 8.99. The Kier molecular flexibility index (Phi) is 6.31. The molecule has 0 aromatic carbocycles. The lowest BCUT2D eigenvalue weighted by molar-refractivity contribution is 0.581.